The molecule has 1 saturated carbocycles. The van der Waals surface area contributed by atoms with E-state index in [1.165, 1.54) is 43.3 Å². The van der Waals surface area contributed by atoms with Crippen molar-refractivity contribution in [2.75, 3.05) is 13.1 Å². The van der Waals surface area contributed by atoms with Gasteiger partial charge in [-0.25, -0.2) is 0 Å². The first-order valence-electron chi connectivity index (χ1n) is 8.03. The van der Waals surface area contributed by atoms with Gasteiger partial charge in [0.1, 0.15) is 0 Å². The Morgan fingerprint density at radius 2 is 2.14 bits per heavy atom. The van der Waals surface area contributed by atoms with Crippen LogP contribution in [0.1, 0.15) is 43.2 Å². The van der Waals surface area contributed by atoms with Crippen molar-refractivity contribution in [3.63, 3.8) is 0 Å². The van der Waals surface area contributed by atoms with E-state index in [4.69, 9.17) is 5.26 Å². The number of benzene rings is 1. The van der Waals surface area contributed by atoms with Gasteiger partial charge in [-0.15, -0.1) is 0 Å². The first-order valence-corrected chi connectivity index (χ1v) is 8.03. The fourth-order valence-electron chi connectivity index (χ4n) is 4.04. The van der Waals surface area contributed by atoms with Gasteiger partial charge in [0.2, 0.25) is 0 Å². The number of aromatic amines is 1. The van der Waals surface area contributed by atoms with E-state index in [-0.39, 0.29) is 0 Å². The lowest BCUT2D eigenvalue weighted by molar-refractivity contribution is 0.233. The van der Waals surface area contributed by atoms with Gasteiger partial charge in [0.15, 0.2) is 0 Å². The SMILES string of the molecule is CC([C@@H]1C[C@H]1c1c[nH]c2ccc(C#N)cc12)N1CCCC1. The van der Waals surface area contributed by atoms with Crippen molar-refractivity contribution in [1.82, 2.24) is 9.88 Å². The summed E-state index contributed by atoms with van der Waals surface area (Å²) in [6.45, 7) is 4.94. The van der Waals surface area contributed by atoms with Gasteiger partial charge < -0.3 is 9.88 Å². The minimum Gasteiger partial charge on any atom is -0.361 e. The summed E-state index contributed by atoms with van der Waals surface area (Å²) >= 11 is 0. The van der Waals surface area contributed by atoms with E-state index >= 15 is 0 Å². The normalized spacial score (nSPS) is 26.9. The van der Waals surface area contributed by atoms with Gasteiger partial charge in [-0.1, -0.05) is 0 Å². The zero-order chi connectivity index (χ0) is 14.4. The number of hydrogen-bond donors (Lipinski definition) is 1. The van der Waals surface area contributed by atoms with Gasteiger partial charge in [-0.05, 0) is 74.9 Å². The number of aromatic nitrogens is 1. The monoisotopic (exact) mass is 279 g/mol. The third-order valence-corrected chi connectivity index (χ3v) is 5.42. The molecule has 2 aromatic rings. The molecule has 3 atom stereocenters. The molecule has 2 heterocycles. The smallest absolute Gasteiger partial charge is 0.0991 e. The Kier molecular flexibility index (Phi) is 3.01. The van der Waals surface area contributed by atoms with E-state index in [2.05, 4.69) is 29.1 Å². The summed E-state index contributed by atoms with van der Waals surface area (Å²) in [6, 6.07) is 8.90. The molecule has 2 aliphatic rings. The second kappa shape index (κ2) is 4.89. The number of likely N-dealkylation sites (tertiary alicyclic amines) is 1. The molecule has 108 valence electrons. The Hall–Kier alpha value is -1.79. The van der Waals surface area contributed by atoms with Gasteiger partial charge in [-0.3, -0.25) is 0 Å². The number of H-pyrrole nitrogens is 1. The lowest BCUT2D eigenvalue weighted by Crippen LogP contribution is -2.32. The number of hydrogen-bond acceptors (Lipinski definition) is 2. The minimum atomic E-state index is 0.670. The van der Waals surface area contributed by atoms with Crippen molar-refractivity contribution in [1.29, 1.82) is 5.26 Å². The van der Waals surface area contributed by atoms with E-state index in [9.17, 15) is 0 Å². The highest BCUT2D eigenvalue weighted by atomic mass is 15.2. The first-order chi connectivity index (χ1) is 10.3. The van der Waals surface area contributed by atoms with E-state index in [1.807, 2.05) is 18.2 Å². The third kappa shape index (κ3) is 2.15. The van der Waals surface area contributed by atoms with Crippen molar-refractivity contribution in [2.24, 2.45) is 5.92 Å². The van der Waals surface area contributed by atoms with Crippen LogP contribution in [0.5, 0.6) is 0 Å². The summed E-state index contributed by atoms with van der Waals surface area (Å²) in [4.78, 5) is 6.02. The van der Waals surface area contributed by atoms with Crippen LogP contribution < -0.4 is 0 Å². The average molecular weight is 279 g/mol. The molecule has 0 bridgehead atoms. The molecule has 21 heavy (non-hydrogen) atoms. The molecule has 2 fully saturated rings. The van der Waals surface area contributed by atoms with Gasteiger partial charge in [0.05, 0.1) is 11.6 Å². The summed E-state index contributed by atoms with van der Waals surface area (Å²) in [5.41, 5.74) is 3.33. The fraction of sp³-hybridized carbons (Fsp3) is 0.500. The Morgan fingerprint density at radius 3 is 2.90 bits per heavy atom. The van der Waals surface area contributed by atoms with Crippen LogP contribution in [0, 0.1) is 17.2 Å². The number of fused-ring (bicyclic) bond motifs is 1. The van der Waals surface area contributed by atoms with Crippen LogP contribution in [-0.4, -0.2) is 29.0 Å². The zero-order valence-corrected chi connectivity index (χ0v) is 12.5. The highest BCUT2D eigenvalue weighted by Gasteiger charge is 2.45. The molecule has 1 aromatic carbocycles. The van der Waals surface area contributed by atoms with Crippen LogP contribution >= 0.6 is 0 Å². The maximum absolute atomic E-state index is 9.10. The van der Waals surface area contributed by atoms with Crippen molar-refractivity contribution in [2.45, 2.75) is 38.1 Å². The van der Waals surface area contributed by atoms with Crippen molar-refractivity contribution >= 4 is 10.9 Å². The number of nitrogens with zero attached hydrogens (tertiary/aromatic N) is 2. The second-order valence-corrected chi connectivity index (χ2v) is 6.61. The van der Waals surface area contributed by atoms with E-state index in [0.29, 0.717) is 12.0 Å². The molecule has 4 rings (SSSR count). The summed E-state index contributed by atoms with van der Waals surface area (Å²) in [6.07, 6.45) is 6.18. The molecule has 0 amide bonds. The van der Waals surface area contributed by atoms with Crippen LogP contribution in [-0.2, 0) is 0 Å². The van der Waals surface area contributed by atoms with E-state index < -0.39 is 0 Å². The van der Waals surface area contributed by atoms with Crippen molar-refractivity contribution in [3.8, 4) is 6.07 Å². The third-order valence-electron chi connectivity index (χ3n) is 5.42. The Balaban J connectivity index is 1.59. The van der Waals surface area contributed by atoms with Crippen LogP contribution in [0.2, 0.25) is 0 Å². The highest BCUT2D eigenvalue weighted by Crippen LogP contribution is 2.52. The van der Waals surface area contributed by atoms with Crippen molar-refractivity contribution in [3.05, 3.63) is 35.5 Å². The molecule has 0 spiro atoms. The summed E-state index contributed by atoms with van der Waals surface area (Å²) in [5.74, 6) is 1.45. The molecular formula is C18H21N3. The Morgan fingerprint density at radius 1 is 1.33 bits per heavy atom. The Bertz CT molecular complexity index is 703. The second-order valence-electron chi connectivity index (χ2n) is 6.61. The summed E-state index contributed by atoms with van der Waals surface area (Å²) in [5, 5.41) is 10.3. The van der Waals surface area contributed by atoms with Crippen LogP contribution in [0.15, 0.2) is 24.4 Å². The number of nitrogens with one attached hydrogen (secondary N) is 1. The molecule has 1 saturated heterocycles. The molecule has 3 heteroatoms. The Labute approximate surface area is 125 Å². The summed E-state index contributed by atoms with van der Waals surface area (Å²) in [7, 11) is 0. The minimum absolute atomic E-state index is 0.670. The molecule has 1 aliphatic carbocycles. The molecular weight excluding hydrogens is 258 g/mol. The maximum atomic E-state index is 9.10. The van der Waals surface area contributed by atoms with Gasteiger partial charge >= 0.3 is 0 Å². The van der Waals surface area contributed by atoms with E-state index in [0.717, 1.165) is 17.0 Å². The predicted molar refractivity (Wildman–Crippen MR) is 84.1 cm³/mol. The molecule has 1 aromatic heterocycles. The molecule has 1 N–H and O–H groups in total. The summed E-state index contributed by atoms with van der Waals surface area (Å²) < 4.78 is 0. The molecule has 3 nitrogen and oxygen atoms in total. The van der Waals surface area contributed by atoms with Crippen LogP contribution in [0.25, 0.3) is 10.9 Å². The molecule has 1 aliphatic heterocycles. The van der Waals surface area contributed by atoms with Gasteiger partial charge in [0, 0.05) is 23.1 Å². The van der Waals surface area contributed by atoms with E-state index in [1.54, 1.807) is 0 Å². The van der Waals surface area contributed by atoms with Gasteiger partial charge in [-0.2, -0.15) is 5.26 Å². The number of rotatable bonds is 3. The fourth-order valence-corrected chi connectivity index (χ4v) is 4.04. The predicted octanol–water partition coefficient (Wildman–Crippen LogP) is 3.63. The molecule has 1 unspecified atom stereocenters. The topological polar surface area (TPSA) is 42.8 Å². The highest BCUT2D eigenvalue weighted by molar-refractivity contribution is 5.85. The zero-order valence-electron chi connectivity index (χ0n) is 12.5. The number of nitriles is 1. The lowest BCUT2D eigenvalue weighted by Gasteiger charge is -2.23. The first kappa shape index (κ1) is 12.9. The van der Waals surface area contributed by atoms with Crippen molar-refractivity contribution < 1.29 is 0 Å². The standard InChI is InChI=1S/C18H21N3/c1-12(21-6-2-3-7-21)14-9-15(14)17-11-20-18-5-4-13(10-19)8-16(17)18/h4-5,8,11-12,14-15,20H,2-3,6-7,9H2,1H3/t12?,14-,15+/m0/s1. The lowest BCUT2D eigenvalue weighted by atomic mass is 10.0. The van der Waals surface area contributed by atoms with Crippen LogP contribution in [0.3, 0.4) is 0 Å². The average Bonchev–Trinajstić information content (AvgIpc) is 2.95. The largest absolute Gasteiger partial charge is 0.361 e. The molecule has 0 radical (unpaired) electrons. The van der Waals surface area contributed by atoms with Crippen LogP contribution in [0.4, 0.5) is 0 Å². The maximum Gasteiger partial charge on any atom is 0.0991 e. The quantitative estimate of drug-likeness (QED) is 0.932. The van der Waals surface area contributed by atoms with Gasteiger partial charge in [0.25, 0.3) is 0 Å².